The molecule has 1 aliphatic carbocycles. The summed E-state index contributed by atoms with van der Waals surface area (Å²) >= 11 is 6.16. The quantitative estimate of drug-likeness (QED) is 0.226. The number of carbonyl (C=O) groups is 3. The second-order valence-electron chi connectivity index (χ2n) is 10.5. The summed E-state index contributed by atoms with van der Waals surface area (Å²) in [5.41, 5.74) is -2.33. The molecule has 15 heteroatoms. The first-order chi connectivity index (χ1) is 20.5. The summed E-state index contributed by atoms with van der Waals surface area (Å²) in [7, 11) is 0. The number of benzene rings is 2. The fraction of sp³-hybridized carbons (Fsp3) is 0.414. The highest BCUT2D eigenvalue weighted by Crippen LogP contribution is 2.37. The predicted octanol–water partition coefficient (Wildman–Crippen LogP) is 7.12. The van der Waals surface area contributed by atoms with Gasteiger partial charge in [0.1, 0.15) is 17.8 Å². The van der Waals surface area contributed by atoms with E-state index in [-0.39, 0.29) is 59.0 Å². The van der Waals surface area contributed by atoms with Crippen LogP contribution in [0, 0.1) is 11.3 Å². The molecule has 2 aromatic rings. The topological polar surface area (TPSA) is 96.5 Å². The summed E-state index contributed by atoms with van der Waals surface area (Å²) in [5, 5.41) is 7.22. The van der Waals surface area contributed by atoms with Crippen molar-refractivity contribution in [3.05, 3.63) is 69.9 Å². The van der Waals surface area contributed by atoms with E-state index in [2.05, 4.69) is 16.0 Å². The third-order valence-electron chi connectivity index (χ3n) is 6.93. The van der Waals surface area contributed by atoms with Crippen LogP contribution in [0.5, 0.6) is 5.75 Å². The molecule has 0 spiro atoms. The minimum Gasteiger partial charge on any atom is -0.487 e. The molecule has 240 valence electrons. The van der Waals surface area contributed by atoms with Crippen LogP contribution in [0.4, 0.5) is 36.4 Å². The molecule has 1 atom stereocenters. The van der Waals surface area contributed by atoms with Gasteiger partial charge in [-0.05, 0) is 69.0 Å². The first kappa shape index (κ1) is 34.7. The Kier molecular flexibility index (Phi) is 11.3. The van der Waals surface area contributed by atoms with Gasteiger partial charge in [-0.1, -0.05) is 23.7 Å². The largest absolute Gasteiger partial charge is 0.487 e. The number of carbonyl (C=O) groups excluding carboxylic acids is 3. The van der Waals surface area contributed by atoms with Crippen LogP contribution in [-0.2, 0) is 11.3 Å². The van der Waals surface area contributed by atoms with Crippen molar-refractivity contribution in [2.24, 2.45) is 11.3 Å². The van der Waals surface area contributed by atoms with Crippen LogP contribution in [0.25, 0.3) is 0 Å². The summed E-state index contributed by atoms with van der Waals surface area (Å²) in [4.78, 5) is 38.2. The van der Waals surface area contributed by atoms with Gasteiger partial charge < -0.3 is 20.7 Å². The van der Waals surface area contributed by atoms with Crippen LogP contribution in [0.2, 0.25) is 5.02 Å². The number of hydrogen-bond donors (Lipinski definition) is 3. The third kappa shape index (κ3) is 8.87. The lowest BCUT2D eigenvalue weighted by atomic mass is 9.91. The monoisotopic (exact) mass is 651 g/mol. The molecule has 7 nitrogen and oxygen atoms in total. The molecule has 0 aromatic heterocycles. The number of nitrogens with one attached hydrogen (secondary N) is 3. The smallest absolute Gasteiger partial charge is 0.402 e. The molecule has 0 bridgehead atoms. The lowest BCUT2D eigenvalue weighted by Gasteiger charge is -2.26. The molecule has 0 fully saturated rings. The Hall–Kier alpha value is -3.81. The Labute approximate surface area is 253 Å². The second kappa shape index (κ2) is 14.3. The van der Waals surface area contributed by atoms with E-state index in [9.17, 15) is 45.1 Å². The molecule has 44 heavy (non-hydrogen) atoms. The van der Waals surface area contributed by atoms with Crippen molar-refractivity contribution in [3.63, 3.8) is 0 Å². The first-order valence-corrected chi connectivity index (χ1v) is 13.7. The molecule has 3 rings (SSSR count). The minimum absolute atomic E-state index is 0.0293. The van der Waals surface area contributed by atoms with Gasteiger partial charge in [0, 0.05) is 23.8 Å². The minimum atomic E-state index is -4.79. The Morgan fingerprint density at radius 2 is 1.66 bits per heavy atom. The second-order valence-corrected chi connectivity index (χ2v) is 10.9. The van der Waals surface area contributed by atoms with E-state index in [0.29, 0.717) is 5.70 Å². The highest BCUT2D eigenvalue weighted by Gasteiger charge is 2.52. The normalized spacial score (nSPS) is 15.5. The van der Waals surface area contributed by atoms with Gasteiger partial charge in [0.05, 0.1) is 16.1 Å². The van der Waals surface area contributed by atoms with Crippen molar-refractivity contribution in [1.29, 1.82) is 0 Å². The van der Waals surface area contributed by atoms with Crippen LogP contribution in [-0.4, -0.2) is 43.4 Å². The Morgan fingerprint density at radius 1 is 0.977 bits per heavy atom. The number of ether oxygens (including phenoxy) is 1. The number of amides is 3. The van der Waals surface area contributed by atoms with Crippen LogP contribution >= 0.6 is 11.6 Å². The lowest BCUT2D eigenvalue weighted by molar-refractivity contribution is -0.211. The van der Waals surface area contributed by atoms with Crippen molar-refractivity contribution < 1.29 is 49.9 Å². The summed E-state index contributed by atoms with van der Waals surface area (Å²) in [6, 6.07) is 7.60. The molecular weight excluding hydrogens is 623 g/mol. The highest BCUT2D eigenvalue weighted by molar-refractivity contribution is 6.34. The zero-order valence-electron chi connectivity index (χ0n) is 23.5. The summed E-state index contributed by atoms with van der Waals surface area (Å²) in [5.74, 6) is -3.92. The van der Waals surface area contributed by atoms with E-state index in [1.807, 2.05) is 0 Å². The maximum atomic E-state index is 13.2. The molecule has 0 saturated carbocycles. The van der Waals surface area contributed by atoms with Crippen molar-refractivity contribution in [3.8, 4) is 5.75 Å². The van der Waals surface area contributed by atoms with E-state index in [1.54, 1.807) is 0 Å². The molecule has 1 unspecified atom stereocenters. The molecule has 3 N–H and O–H groups in total. The average molecular weight is 652 g/mol. The number of halogens is 8. The van der Waals surface area contributed by atoms with Crippen LogP contribution < -0.4 is 20.7 Å². The number of anilines is 1. The summed E-state index contributed by atoms with van der Waals surface area (Å²) < 4.78 is 96.1. The molecule has 1 aliphatic rings. The van der Waals surface area contributed by atoms with E-state index >= 15 is 0 Å². The molecular formula is C29H29ClF7N3O4. The summed E-state index contributed by atoms with van der Waals surface area (Å²) in [6.45, 7) is 0.0977. The van der Waals surface area contributed by atoms with Crippen molar-refractivity contribution in [2.45, 2.75) is 58.7 Å². The highest BCUT2D eigenvalue weighted by atomic mass is 35.5. The standard InChI is InChI=1S/C29H29ClF7N3O4/c1-28(2,29(35,36)37)27(43)38-13-15-3-9-21(30)19(11-15)25(41)40-18-8-10-22(44-14-23(31)32)20(12-18)26(42)39-17-6-4-16(5-7-17)24(33)34/h3,6,8-12,16,23-24H,4-5,7,13-14H2,1-2H3,(H,38,43)(H,39,42)(H,40,41). The fourth-order valence-electron chi connectivity index (χ4n) is 4.06. The predicted molar refractivity (Wildman–Crippen MR) is 148 cm³/mol. The van der Waals surface area contributed by atoms with Gasteiger partial charge in [0.25, 0.3) is 18.2 Å². The zero-order valence-corrected chi connectivity index (χ0v) is 24.2. The van der Waals surface area contributed by atoms with Gasteiger partial charge in [0.15, 0.2) is 0 Å². The molecule has 0 radical (unpaired) electrons. The van der Waals surface area contributed by atoms with Crippen LogP contribution in [0.15, 0.2) is 48.2 Å². The van der Waals surface area contributed by atoms with E-state index < -0.39 is 54.7 Å². The van der Waals surface area contributed by atoms with Gasteiger partial charge in [0.2, 0.25) is 12.3 Å². The summed E-state index contributed by atoms with van der Waals surface area (Å²) in [6.07, 6.45) is -8.34. The Bertz CT molecular complexity index is 1410. The van der Waals surface area contributed by atoms with Crippen LogP contribution in [0.1, 0.15) is 59.4 Å². The number of alkyl halides is 7. The molecule has 2 aromatic carbocycles. The SMILES string of the molecule is CC(C)(C(=O)NCc1ccc(Cl)c(C(=O)Nc2ccc(OCC(F)F)c(C(=O)NC3=CCC(C(F)F)CC3)c2)c1)C(F)(F)F. The van der Waals surface area contributed by atoms with Gasteiger partial charge in [-0.25, -0.2) is 17.6 Å². The number of rotatable bonds is 11. The van der Waals surface area contributed by atoms with E-state index in [1.165, 1.54) is 36.4 Å². The number of hydrogen-bond acceptors (Lipinski definition) is 4. The van der Waals surface area contributed by atoms with E-state index in [0.717, 1.165) is 19.9 Å². The fourth-order valence-corrected chi connectivity index (χ4v) is 4.26. The van der Waals surface area contributed by atoms with E-state index in [4.69, 9.17) is 16.3 Å². The van der Waals surface area contributed by atoms with Crippen molar-refractivity contribution in [2.75, 3.05) is 11.9 Å². The van der Waals surface area contributed by atoms with Crippen molar-refractivity contribution >= 4 is 35.0 Å². The molecule has 3 amide bonds. The zero-order chi connectivity index (χ0) is 32.8. The third-order valence-corrected chi connectivity index (χ3v) is 7.26. The maximum Gasteiger partial charge on any atom is 0.402 e. The van der Waals surface area contributed by atoms with Gasteiger partial charge in [-0.15, -0.1) is 0 Å². The Balaban J connectivity index is 1.78. The van der Waals surface area contributed by atoms with Gasteiger partial charge in [-0.2, -0.15) is 13.2 Å². The lowest BCUT2D eigenvalue weighted by Crippen LogP contribution is -2.46. The maximum absolute atomic E-state index is 13.2. The van der Waals surface area contributed by atoms with Gasteiger partial charge >= 0.3 is 6.18 Å². The molecule has 0 aliphatic heterocycles. The van der Waals surface area contributed by atoms with Crippen LogP contribution in [0.3, 0.4) is 0 Å². The average Bonchev–Trinajstić information content (AvgIpc) is 2.95. The van der Waals surface area contributed by atoms with Crippen molar-refractivity contribution in [1.82, 2.24) is 10.6 Å². The Morgan fingerprint density at radius 3 is 2.25 bits per heavy atom. The first-order valence-electron chi connectivity index (χ1n) is 13.3. The van der Waals surface area contributed by atoms with Gasteiger partial charge in [-0.3, -0.25) is 14.4 Å². The number of allylic oxidation sites excluding steroid dienone is 2. The molecule has 0 heterocycles. The molecule has 0 saturated heterocycles.